The number of carbonyl (C=O) groups is 2. The largest absolute Gasteiger partial charge is 0.472 e. The zero-order valence-corrected chi connectivity index (χ0v) is 14.1. The van der Waals surface area contributed by atoms with E-state index in [1.54, 1.807) is 11.0 Å². The molecule has 0 atom stereocenters. The van der Waals surface area contributed by atoms with E-state index in [0.717, 1.165) is 12.8 Å². The molecule has 0 N–H and O–H groups in total. The first kappa shape index (κ1) is 17.6. The average molecular weight is 320 g/mol. The van der Waals surface area contributed by atoms with Crippen LogP contribution in [-0.4, -0.2) is 47.8 Å². The number of amides is 2. The molecule has 1 aliphatic heterocycles. The fourth-order valence-electron chi connectivity index (χ4n) is 2.94. The van der Waals surface area contributed by atoms with Crippen LogP contribution in [0.25, 0.3) is 0 Å². The fourth-order valence-corrected chi connectivity index (χ4v) is 2.94. The summed E-state index contributed by atoms with van der Waals surface area (Å²) < 4.78 is 4.95. The van der Waals surface area contributed by atoms with E-state index in [4.69, 9.17) is 4.42 Å². The van der Waals surface area contributed by atoms with E-state index in [1.165, 1.54) is 38.2 Å². The van der Waals surface area contributed by atoms with Gasteiger partial charge in [0.15, 0.2) is 0 Å². The van der Waals surface area contributed by atoms with Crippen LogP contribution in [0.2, 0.25) is 0 Å². The number of rotatable bonds is 8. The van der Waals surface area contributed by atoms with Crippen molar-refractivity contribution in [1.82, 2.24) is 9.80 Å². The van der Waals surface area contributed by atoms with Gasteiger partial charge in [-0.2, -0.15) is 0 Å². The zero-order valence-electron chi connectivity index (χ0n) is 14.1. The Kier molecular flexibility index (Phi) is 7.17. The normalized spacial score (nSPS) is 15.0. The molecule has 0 bridgehead atoms. The highest BCUT2D eigenvalue weighted by Gasteiger charge is 2.24. The van der Waals surface area contributed by atoms with Gasteiger partial charge in [0.25, 0.3) is 5.91 Å². The predicted octanol–water partition coefficient (Wildman–Crippen LogP) is 3.31. The van der Waals surface area contributed by atoms with Crippen LogP contribution < -0.4 is 0 Å². The van der Waals surface area contributed by atoms with Crippen LogP contribution in [0.15, 0.2) is 23.0 Å². The minimum absolute atomic E-state index is 0.0122. The molecule has 128 valence electrons. The lowest BCUT2D eigenvalue weighted by Gasteiger charge is -2.34. The molecule has 0 aromatic carbocycles. The Bertz CT molecular complexity index is 476. The van der Waals surface area contributed by atoms with Gasteiger partial charge in [-0.1, -0.05) is 39.0 Å². The van der Waals surface area contributed by atoms with Gasteiger partial charge in [0.1, 0.15) is 6.26 Å². The molecule has 1 saturated heterocycles. The summed E-state index contributed by atoms with van der Waals surface area (Å²) in [5, 5.41) is 0. The summed E-state index contributed by atoms with van der Waals surface area (Å²) >= 11 is 0. The van der Waals surface area contributed by atoms with Gasteiger partial charge in [-0.25, -0.2) is 0 Å². The second kappa shape index (κ2) is 9.38. The van der Waals surface area contributed by atoms with Crippen molar-refractivity contribution in [1.29, 1.82) is 0 Å². The minimum Gasteiger partial charge on any atom is -0.472 e. The van der Waals surface area contributed by atoms with Crippen LogP contribution in [0.1, 0.15) is 62.2 Å². The Morgan fingerprint density at radius 2 is 1.65 bits per heavy atom. The second-order valence-electron chi connectivity index (χ2n) is 6.20. The third-order valence-electron chi connectivity index (χ3n) is 4.43. The lowest BCUT2D eigenvalue weighted by molar-refractivity contribution is -0.132. The molecule has 1 aromatic heterocycles. The standard InChI is InChI=1S/C18H28N2O3/c1-2-3-4-5-6-7-8-17(21)19-10-12-20(13-11-19)18(22)16-9-14-23-15-16/h9,14-15H,2-8,10-13H2,1H3. The number of furan rings is 1. The zero-order chi connectivity index (χ0) is 16.5. The summed E-state index contributed by atoms with van der Waals surface area (Å²) in [7, 11) is 0. The first-order valence-corrected chi connectivity index (χ1v) is 8.81. The first-order valence-electron chi connectivity index (χ1n) is 8.81. The van der Waals surface area contributed by atoms with Gasteiger partial charge in [-0.05, 0) is 12.5 Å². The molecule has 0 unspecified atom stereocenters. The molecular formula is C18H28N2O3. The number of hydrogen-bond donors (Lipinski definition) is 0. The number of unbranched alkanes of at least 4 members (excludes halogenated alkanes) is 5. The molecule has 0 aliphatic carbocycles. The van der Waals surface area contributed by atoms with Gasteiger partial charge in [0.2, 0.25) is 5.91 Å². The molecule has 1 fully saturated rings. The Morgan fingerprint density at radius 3 is 2.30 bits per heavy atom. The van der Waals surface area contributed by atoms with E-state index in [-0.39, 0.29) is 11.8 Å². The maximum Gasteiger partial charge on any atom is 0.257 e. The third kappa shape index (κ3) is 5.41. The molecule has 0 radical (unpaired) electrons. The van der Waals surface area contributed by atoms with Gasteiger partial charge in [0.05, 0.1) is 11.8 Å². The molecule has 23 heavy (non-hydrogen) atoms. The fraction of sp³-hybridized carbons (Fsp3) is 0.667. The van der Waals surface area contributed by atoms with Crippen molar-refractivity contribution in [3.05, 3.63) is 24.2 Å². The summed E-state index contributed by atoms with van der Waals surface area (Å²) in [5.41, 5.74) is 0.580. The van der Waals surface area contributed by atoms with Crippen LogP contribution >= 0.6 is 0 Å². The van der Waals surface area contributed by atoms with E-state index in [9.17, 15) is 9.59 Å². The Labute approximate surface area is 138 Å². The maximum absolute atomic E-state index is 12.2. The van der Waals surface area contributed by atoms with Gasteiger partial charge in [-0.3, -0.25) is 9.59 Å². The van der Waals surface area contributed by atoms with Gasteiger partial charge in [-0.15, -0.1) is 0 Å². The molecule has 2 heterocycles. The van der Waals surface area contributed by atoms with Gasteiger partial charge in [0, 0.05) is 32.6 Å². The summed E-state index contributed by atoms with van der Waals surface area (Å²) in [6, 6.07) is 1.68. The van der Waals surface area contributed by atoms with Crippen molar-refractivity contribution in [2.45, 2.75) is 51.9 Å². The van der Waals surface area contributed by atoms with E-state index in [0.29, 0.717) is 38.2 Å². The number of piperazine rings is 1. The Balaban J connectivity index is 1.64. The highest BCUT2D eigenvalue weighted by Crippen LogP contribution is 2.12. The molecule has 0 saturated carbocycles. The van der Waals surface area contributed by atoms with Crippen LogP contribution in [0.3, 0.4) is 0 Å². The van der Waals surface area contributed by atoms with Crippen molar-refractivity contribution in [2.75, 3.05) is 26.2 Å². The van der Waals surface area contributed by atoms with E-state index in [1.807, 2.05) is 4.90 Å². The molecule has 2 amide bonds. The van der Waals surface area contributed by atoms with Gasteiger partial charge < -0.3 is 14.2 Å². The maximum atomic E-state index is 12.2. The van der Waals surface area contributed by atoms with Crippen molar-refractivity contribution < 1.29 is 14.0 Å². The van der Waals surface area contributed by atoms with Crippen LogP contribution in [0.5, 0.6) is 0 Å². The van der Waals surface area contributed by atoms with E-state index < -0.39 is 0 Å². The third-order valence-corrected chi connectivity index (χ3v) is 4.43. The SMILES string of the molecule is CCCCCCCCC(=O)N1CCN(C(=O)c2ccoc2)CC1. The molecule has 1 aromatic rings. The summed E-state index contributed by atoms with van der Waals surface area (Å²) in [6.45, 7) is 4.69. The lowest BCUT2D eigenvalue weighted by atomic mass is 10.1. The smallest absolute Gasteiger partial charge is 0.257 e. The molecule has 5 nitrogen and oxygen atoms in total. The summed E-state index contributed by atoms with van der Waals surface area (Å²) in [5.74, 6) is 0.220. The van der Waals surface area contributed by atoms with Crippen LogP contribution in [0, 0.1) is 0 Å². The second-order valence-corrected chi connectivity index (χ2v) is 6.20. The molecule has 5 heteroatoms. The predicted molar refractivity (Wildman–Crippen MR) is 89.2 cm³/mol. The number of carbonyl (C=O) groups excluding carboxylic acids is 2. The Hall–Kier alpha value is -1.78. The van der Waals surface area contributed by atoms with Crippen molar-refractivity contribution in [2.24, 2.45) is 0 Å². The minimum atomic E-state index is -0.0122. The van der Waals surface area contributed by atoms with Crippen molar-refractivity contribution in [3.63, 3.8) is 0 Å². The summed E-state index contributed by atoms with van der Waals surface area (Å²) in [4.78, 5) is 28.1. The molecule has 2 rings (SSSR count). The summed E-state index contributed by atoms with van der Waals surface area (Å²) in [6.07, 6.45) is 10.8. The molecule has 1 aliphatic rings. The van der Waals surface area contributed by atoms with E-state index >= 15 is 0 Å². The van der Waals surface area contributed by atoms with Gasteiger partial charge >= 0.3 is 0 Å². The van der Waals surface area contributed by atoms with Crippen LogP contribution in [0.4, 0.5) is 0 Å². The Morgan fingerprint density at radius 1 is 1.00 bits per heavy atom. The first-order chi connectivity index (χ1) is 11.2. The highest BCUT2D eigenvalue weighted by molar-refractivity contribution is 5.94. The number of hydrogen-bond acceptors (Lipinski definition) is 3. The van der Waals surface area contributed by atoms with Crippen LogP contribution in [-0.2, 0) is 4.79 Å². The number of nitrogens with zero attached hydrogens (tertiary/aromatic N) is 2. The average Bonchev–Trinajstić information content (AvgIpc) is 3.12. The van der Waals surface area contributed by atoms with Crippen molar-refractivity contribution in [3.8, 4) is 0 Å². The quantitative estimate of drug-likeness (QED) is 0.691. The lowest BCUT2D eigenvalue weighted by Crippen LogP contribution is -2.50. The molecule has 0 spiro atoms. The highest BCUT2D eigenvalue weighted by atomic mass is 16.3. The monoisotopic (exact) mass is 320 g/mol. The van der Waals surface area contributed by atoms with E-state index in [2.05, 4.69) is 6.92 Å². The van der Waals surface area contributed by atoms with Crippen molar-refractivity contribution >= 4 is 11.8 Å². The molecular weight excluding hydrogens is 292 g/mol. The topological polar surface area (TPSA) is 53.8 Å².